The first-order valence-corrected chi connectivity index (χ1v) is 24.4. The highest BCUT2D eigenvalue weighted by molar-refractivity contribution is 7.33. The second kappa shape index (κ2) is 15.3. The number of benzene rings is 8. The van der Waals surface area contributed by atoms with Crippen molar-refractivity contribution in [1.82, 2.24) is 0 Å². The minimum absolute atomic E-state index is 0.00647. The maximum atomic E-state index is 2.61. The molecule has 0 saturated heterocycles. The fourth-order valence-electron chi connectivity index (χ4n) is 10.3. The van der Waals surface area contributed by atoms with Crippen LogP contribution in [0, 0.1) is 6.92 Å². The average molecular weight is 876 g/mol. The Balaban J connectivity index is 1.29. The molecule has 0 unspecified atom stereocenters. The minimum Gasteiger partial charge on any atom is -0.311 e. The highest BCUT2D eigenvalue weighted by Crippen LogP contribution is 2.51. The molecule has 0 N–H and O–H groups in total. The number of hydrogen-bond acceptors (Lipinski definition) is 4. The number of fused-ring (bicyclic) bond motifs is 7. The fraction of sp³-hybridized carbons (Fsp3) is 0.213. The van der Waals surface area contributed by atoms with Gasteiger partial charge in [-0.2, -0.15) is 0 Å². The van der Waals surface area contributed by atoms with Crippen LogP contribution in [0.15, 0.2) is 170 Å². The Bertz CT molecular complexity index is 3320. The summed E-state index contributed by atoms with van der Waals surface area (Å²) in [4.78, 5) is 7.67. The van der Waals surface area contributed by atoms with Crippen molar-refractivity contribution in [3.05, 3.63) is 192 Å². The summed E-state index contributed by atoms with van der Waals surface area (Å²) in [5, 5.41) is 3.71. The number of anilines is 9. The summed E-state index contributed by atoms with van der Waals surface area (Å²) in [7, 11) is 0. The highest BCUT2D eigenvalue weighted by Gasteiger charge is 2.46. The molecule has 0 atom stereocenters. The van der Waals surface area contributed by atoms with Crippen LogP contribution >= 0.6 is 11.3 Å². The molecule has 3 heterocycles. The van der Waals surface area contributed by atoms with Gasteiger partial charge in [0.2, 0.25) is 0 Å². The highest BCUT2D eigenvalue weighted by atomic mass is 32.1. The summed E-state index contributed by atoms with van der Waals surface area (Å²) in [6, 6.07) is 64.6. The molecule has 3 nitrogen and oxygen atoms in total. The van der Waals surface area contributed by atoms with Crippen molar-refractivity contribution >= 4 is 106 Å². The molecule has 66 heavy (non-hydrogen) atoms. The van der Waals surface area contributed by atoms with Gasteiger partial charge in [-0.15, -0.1) is 11.3 Å². The molecular formula is C61H58BN3S. The van der Waals surface area contributed by atoms with E-state index < -0.39 is 0 Å². The van der Waals surface area contributed by atoms with Gasteiger partial charge in [-0.25, -0.2) is 0 Å². The lowest BCUT2D eigenvalue weighted by Gasteiger charge is -2.44. The zero-order valence-electron chi connectivity index (χ0n) is 40.0. The lowest BCUT2D eigenvalue weighted by molar-refractivity contribution is 0.590. The molecule has 2 aliphatic rings. The summed E-state index contributed by atoms with van der Waals surface area (Å²) in [6.07, 6.45) is 0. The summed E-state index contributed by atoms with van der Waals surface area (Å²) < 4.78 is 2.71. The molecule has 0 spiro atoms. The number of rotatable bonds is 5. The molecule has 0 saturated carbocycles. The Morgan fingerprint density at radius 2 is 1.05 bits per heavy atom. The molecule has 326 valence electrons. The van der Waals surface area contributed by atoms with Gasteiger partial charge in [-0.05, 0) is 128 Å². The quantitative estimate of drug-likeness (QED) is 0.160. The number of para-hydroxylation sites is 1. The second-order valence-corrected chi connectivity index (χ2v) is 22.7. The number of aryl methyl sites for hydroxylation is 1. The Labute approximate surface area is 396 Å². The van der Waals surface area contributed by atoms with Crippen molar-refractivity contribution in [2.24, 2.45) is 0 Å². The van der Waals surface area contributed by atoms with Crippen LogP contribution in [0.4, 0.5) is 51.2 Å². The van der Waals surface area contributed by atoms with Gasteiger partial charge < -0.3 is 14.7 Å². The van der Waals surface area contributed by atoms with Crippen LogP contribution in [0.3, 0.4) is 0 Å². The molecule has 0 bridgehead atoms. The Morgan fingerprint density at radius 1 is 0.470 bits per heavy atom. The average Bonchev–Trinajstić information content (AvgIpc) is 3.66. The van der Waals surface area contributed by atoms with Crippen molar-refractivity contribution in [3.8, 4) is 0 Å². The monoisotopic (exact) mass is 875 g/mol. The predicted octanol–water partition coefficient (Wildman–Crippen LogP) is 15.8. The SMILES string of the molecule is Cc1ccc2c3c(sc2c1)B1c2cc(C(C)(C)C)ccc2N(c2ccc(C(C)(C)C)cc2)c2cc(N(c4ccccc4)c4cccc5ccccc45)cc(c21)N3c1ccc(C(C)(C)C)cc1. The third kappa shape index (κ3) is 6.94. The largest absolute Gasteiger partial charge is 0.311 e. The molecule has 2 aliphatic heterocycles. The zero-order chi connectivity index (χ0) is 45.9. The van der Waals surface area contributed by atoms with Crippen LogP contribution in [-0.2, 0) is 16.2 Å². The lowest BCUT2D eigenvalue weighted by atomic mass is 9.36. The van der Waals surface area contributed by atoms with Gasteiger partial charge in [0.05, 0.1) is 17.1 Å². The first kappa shape index (κ1) is 42.1. The second-order valence-electron chi connectivity index (χ2n) is 21.6. The smallest absolute Gasteiger partial charge is 0.264 e. The van der Waals surface area contributed by atoms with Crippen LogP contribution in [0.25, 0.3) is 20.9 Å². The van der Waals surface area contributed by atoms with E-state index in [1.165, 1.54) is 81.6 Å². The van der Waals surface area contributed by atoms with E-state index in [0.29, 0.717) is 0 Å². The molecule has 9 aromatic rings. The van der Waals surface area contributed by atoms with Crippen LogP contribution in [-0.4, -0.2) is 6.71 Å². The molecular weight excluding hydrogens is 818 g/mol. The fourth-order valence-corrected chi connectivity index (χ4v) is 11.8. The number of thiophene rings is 1. The van der Waals surface area contributed by atoms with E-state index in [2.05, 4.69) is 254 Å². The van der Waals surface area contributed by atoms with Crippen LogP contribution < -0.4 is 30.4 Å². The minimum atomic E-state index is -0.0363. The lowest BCUT2D eigenvalue weighted by Crippen LogP contribution is -2.60. The summed E-state index contributed by atoms with van der Waals surface area (Å²) in [6.45, 7) is 23.1. The van der Waals surface area contributed by atoms with Crippen LogP contribution in [0.1, 0.15) is 84.6 Å². The van der Waals surface area contributed by atoms with Crippen molar-refractivity contribution in [1.29, 1.82) is 0 Å². The van der Waals surface area contributed by atoms with E-state index >= 15 is 0 Å². The van der Waals surface area contributed by atoms with E-state index in [4.69, 9.17) is 0 Å². The van der Waals surface area contributed by atoms with E-state index in [1.807, 2.05) is 11.3 Å². The molecule has 8 aromatic carbocycles. The molecule has 1 aromatic heterocycles. The standard InChI is InChI=1S/C61H58BN3S/c1-39-23-33-49-55(35-39)66-58-57(49)65(46-31-26-42(27-32-46)60(5,6)7)54-38-47(63(44-19-12-11-13-20-44)51-22-16-18-40-17-14-15-21-48(40)51)37-53-56(54)62(58)50-36-43(61(8,9)10)28-34-52(50)64(53)45-29-24-41(25-30-45)59(2,3)4/h11-38H,1-10H3. The van der Waals surface area contributed by atoms with Gasteiger partial charge in [0.25, 0.3) is 6.71 Å². The van der Waals surface area contributed by atoms with E-state index in [0.717, 1.165) is 28.4 Å². The number of nitrogens with zero attached hydrogens (tertiary/aromatic N) is 3. The third-order valence-electron chi connectivity index (χ3n) is 13.9. The van der Waals surface area contributed by atoms with Gasteiger partial charge in [0.15, 0.2) is 0 Å². The Hall–Kier alpha value is -6.56. The molecule has 5 heteroatoms. The molecule has 11 rings (SSSR count). The Morgan fingerprint density at radius 3 is 1.70 bits per heavy atom. The first-order valence-electron chi connectivity index (χ1n) is 23.5. The number of hydrogen-bond donors (Lipinski definition) is 0. The predicted molar refractivity (Wildman–Crippen MR) is 289 cm³/mol. The molecule has 0 aliphatic carbocycles. The van der Waals surface area contributed by atoms with Crippen molar-refractivity contribution in [2.75, 3.05) is 14.7 Å². The topological polar surface area (TPSA) is 9.72 Å². The van der Waals surface area contributed by atoms with Crippen molar-refractivity contribution in [3.63, 3.8) is 0 Å². The van der Waals surface area contributed by atoms with Crippen molar-refractivity contribution in [2.45, 2.75) is 85.5 Å². The Kier molecular flexibility index (Phi) is 9.73. The zero-order valence-corrected chi connectivity index (χ0v) is 40.8. The van der Waals surface area contributed by atoms with Crippen molar-refractivity contribution < 1.29 is 0 Å². The molecule has 0 amide bonds. The normalized spacial score (nSPS) is 13.5. The van der Waals surface area contributed by atoms with E-state index in [-0.39, 0.29) is 23.0 Å². The molecule has 0 radical (unpaired) electrons. The summed E-state index contributed by atoms with van der Waals surface area (Å²) in [5.41, 5.74) is 18.5. The van der Waals surface area contributed by atoms with Gasteiger partial charge >= 0.3 is 0 Å². The third-order valence-corrected chi connectivity index (χ3v) is 15.1. The van der Waals surface area contributed by atoms with Gasteiger partial charge in [-0.1, -0.05) is 165 Å². The first-order chi connectivity index (χ1) is 31.5. The van der Waals surface area contributed by atoms with E-state index in [1.54, 1.807) is 0 Å². The molecule has 0 fully saturated rings. The van der Waals surface area contributed by atoms with Crippen LogP contribution in [0.5, 0.6) is 0 Å². The summed E-state index contributed by atoms with van der Waals surface area (Å²) in [5.74, 6) is 0. The van der Waals surface area contributed by atoms with Gasteiger partial charge in [-0.3, -0.25) is 0 Å². The van der Waals surface area contributed by atoms with Gasteiger partial charge in [0, 0.05) is 54.4 Å². The maximum absolute atomic E-state index is 2.61. The van der Waals surface area contributed by atoms with Gasteiger partial charge in [0.1, 0.15) is 0 Å². The van der Waals surface area contributed by atoms with Crippen LogP contribution in [0.2, 0.25) is 0 Å². The maximum Gasteiger partial charge on any atom is 0.264 e. The summed E-state index contributed by atoms with van der Waals surface area (Å²) >= 11 is 1.97. The van der Waals surface area contributed by atoms with E-state index in [9.17, 15) is 0 Å².